The second-order valence-electron chi connectivity index (χ2n) is 8.72. The zero-order chi connectivity index (χ0) is 18.5. The molecule has 5 nitrogen and oxygen atoms in total. The van der Waals surface area contributed by atoms with Gasteiger partial charge >= 0.3 is 0 Å². The van der Waals surface area contributed by atoms with Crippen LogP contribution in [0.2, 0.25) is 0 Å². The standard InChI is InChI=1S/C21H31N2O3.ClH/c1-22(2)10-12-23(3)11-9-21-8-7-16(24)13-18(21)26-20-17(25-4)6-5-15(14-23)19(20)21;/h5-8,16,18,24H,9-14H2,1-4H3;1H/q+1;/p-1/t16-,18-,21-,23?;/m0./s1. The monoisotopic (exact) mass is 394 g/mol. The third-order valence-corrected chi connectivity index (χ3v) is 6.50. The lowest BCUT2D eigenvalue weighted by atomic mass is 9.69. The van der Waals surface area contributed by atoms with Gasteiger partial charge in [0.2, 0.25) is 0 Å². The predicted molar refractivity (Wildman–Crippen MR) is 102 cm³/mol. The van der Waals surface area contributed by atoms with Crippen LogP contribution in [-0.4, -0.2) is 74.6 Å². The zero-order valence-electron chi connectivity index (χ0n) is 16.7. The molecule has 1 spiro atoms. The van der Waals surface area contributed by atoms with Gasteiger partial charge in [-0.1, -0.05) is 12.2 Å². The van der Waals surface area contributed by atoms with Crippen molar-refractivity contribution in [3.05, 3.63) is 35.4 Å². The topological polar surface area (TPSA) is 41.9 Å². The van der Waals surface area contributed by atoms with Crippen LogP contribution in [0.25, 0.3) is 0 Å². The summed E-state index contributed by atoms with van der Waals surface area (Å²) in [6, 6.07) is 4.27. The molecule has 0 saturated heterocycles. The highest BCUT2D eigenvalue weighted by molar-refractivity contribution is 5.60. The first-order valence-corrected chi connectivity index (χ1v) is 9.60. The van der Waals surface area contributed by atoms with Crippen LogP contribution in [0.5, 0.6) is 11.5 Å². The molecule has 2 heterocycles. The van der Waals surface area contributed by atoms with Crippen LogP contribution >= 0.6 is 0 Å². The smallest absolute Gasteiger partial charge is 0.166 e. The molecule has 0 bridgehead atoms. The van der Waals surface area contributed by atoms with Crippen molar-refractivity contribution in [1.82, 2.24) is 4.90 Å². The molecule has 27 heavy (non-hydrogen) atoms. The maximum Gasteiger partial charge on any atom is 0.166 e. The lowest BCUT2D eigenvalue weighted by Gasteiger charge is -2.38. The minimum absolute atomic E-state index is 0. The van der Waals surface area contributed by atoms with E-state index in [0.29, 0.717) is 6.42 Å². The molecular weight excluding hydrogens is 364 g/mol. The molecule has 4 atom stereocenters. The summed E-state index contributed by atoms with van der Waals surface area (Å²) < 4.78 is 13.0. The van der Waals surface area contributed by atoms with Crippen molar-refractivity contribution >= 4 is 0 Å². The maximum absolute atomic E-state index is 10.2. The highest BCUT2D eigenvalue weighted by atomic mass is 35.5. The summed E-state index contributed by atoms with van der Waals surface area (Å²) in [7, 11) is 8.35. The number of aliphatic hydroxyl groups excluding tert-OH is 1. The Kier molecular flexibility index (Phi) is 5.52. The number of likely N-dealkylation sites (N-methyl/N-ethyl adjacent to an activating group) is 2. The Morgan fingerprint density at radius 3 is 2.85 bits per heavy atom. The molecule has 2 aliphatic heterocycles. The summed E-state index contributed by atoms with van der Waals surface area (Å²) in [5, 5.41) is 10.2. The van der Waals surface area contributed by atoms with Crippen LogP contribution in [0.15, 0.2) is 24.3 Å². The van der Waals surface area contributed by atoms with E-state index in [9.17, 15) is 5.11 Å². The third kappa shape index (κ3) is 3.35. The number of rotatable bonds is 4. The lowest BCUT2D eigenvalue weighted by molar-refractivity contribution is -0.921. The van der Waals surface area contributed by atoms with E-state index in [0.717, 1.165) is 48.6 Å². The van der Waals surface area contributed by atoms with Crippen molar-refractivity contribution in [3.63, 3.8) is 0 Å². The van der Waals surface area contributed by atoms with Crippen molar-refractivity contribution in [2.75, 3.05) is 47.9 Å². The average Bonchev–Trinajstić information content (AvgIpc) is 2.87. The Hall–Kier alpha value is -1.27. The molecule has 6 heteroatoms. The first-order chi connectivity index (χ1) is 12.4. The number of hydrogen-bond donors (Lipinski definition) is 1. The first-order valence-electron chi connectivity index (χ1n) is 9.60. The molecule has 1 aromatic carbocycles. The van der Waals surface area contributed by atoms with E-state index in [1.54, 1.807) is 7.11 Å². The molecule has 1 N–H and O–H groups in total. The molecular formula is C21H31ClN2O3. The van der Waals surface area contributed by atoms with Gasteiger partial charge in [-0.15, -0.1) is 0 Å². The van der Waals surface area contributed by atoms with Crippen molar-refractivity contribution in [2.45, 2.75) is 37.0 Å². The number of benzene rings is 1. The van der Waals surface area contributed by atoms with Crippen molar-refractivity contribution in [1.29, 1.82) is 0 Å². The van der Waals surface area contributed by atoms with Crippen molar-refractivity contribution < 1.29 is 31.5 Å². The summed E-state index contributed by atoms with van der Waals surface area (Å²) in [6.45, 7) is 4.32. The van der Waals surface area contributed by atoms with Gasteiger partial charge in [0.05, 0.1) is 38.8 Å². The van der Waals surface area contributed by atoms with Crippen LogP contribution in [-0.2, 0) is 12.0 Å². The number of methoxy groups -OCH3 is 1. The van der Waals surface area contributed by atoms with E-state index in [4.69, 9.17) is 9.47 Å². The quantitative estimate of drug-likeness (QED) is 0.521. The van der Waals surface area contributed by atoms with Gasteiger partial charge in [0, 0.05) is 30.5 Å². The summed E-state index contributed by atoms with van der Waals surface area (Å²) in [6.07, 6.45) is 5.45. The summed E-state index contributed by atoms with van der Waals surface area (Å²) in [5.74, 6) is 1.71. The number of hydrogen-bond acceptors (Lipinski definition) is 4. The van der Waals surface area contributed by atoms with Gasteiger partial charge in [0.15, 0.2) is 11.5 Å². The molecule has 0 radical (unpaired) electrons. The fraction of sp³-hybridized carbons (Fsp3) is 0.619. The van der Waals surface area contributed by atoms with Crippen LogP contribution in [0.4, 0.5) is 0 Å². The molecule has 0 saturated carbocycles. The molecule has 0 amide bonds. The van der Waals surface area contributed by atoms with E-state index < -0.39 is 6.10 Å². The molecule has 1 aromatic rings. The normalized spacial score (nSPS) is 33.6. The average molecular weight is 395 g/mol. The second-order valence-corrected chi connectivity index (χ2v) is 8.72. The van der Waals surface area contributed by atoms with E-state index in [1.165, 1.54) is 11.1 Å². The Balaban J connectivity index is 0.00000210. The Morgan fingerprint density at radius 1 is 1.37 bits per heavy atom. The molecule has 4 rings (SSSR count). The minimum Gasteiger partial charge on any atom is -1.00 e. The van der Waals surface area contributed by atoms with E-state index in [-0.39, 0.29) is 23.9 Å². The van der Waals surface area contributed by atoms with Crippen LogP contribution in [0, 0.1) is 0 Å². The van der Waals surface area contributed by atoms with Crippen LogP contribution in [0.3, 0.4) is 0 Å². The van der Waals surface area contributed by atoms with Crippen molar-refractivity contribution in [3.8, 4) is 11.5 Å². The molecule has 0 aromatic heterocycles. The molecule has 150 valence electrons. The van der Waals surface area contributed by atoms with Gasteiger partial charge in [0.25, 0.3) is 0 Å². The van der Waals surface area contributed by atoms with E-state index in [1.807, 2.05) is 12.1 Å². The molecule has 1 unspecified atom stereocenters. The lowest BCUT2D eigenvalue weighted by Crippen LogP contribution is -3.00. The zero-order valence-corrected chi connectivity index (χ0v) is 17.5. The summed E-state index contributed by atoms with van der Waals surface area (Å²) >= 11 is 0. The molecule has 3 aliphatic rings. The maximum atomic E-state index is 10.2. The Labute approximate surface area is 168 Å². The van der Waals surface area contributed by atoms with Gasteiger partial charge in [-0.05, 0) is 26.2 Å². The van der Waals surface area contributed by atoms with Gasteiger partial charge in [0.1, 0.15) is 12.6 Å². The van der Waals surface area contributed by atoms with Gasteiger partial charge < -0.3 is 36.4 Å². The van der Waals surface area contributed by atoms with Gasteiger partial charge in [-0.25, -0.2) is 0 Å². The number of ether oxygens (including phenoxy) is 2. The fourth-order valence-corrected chi connectivity index (χ4v) is 4.91. The Morgan fingerprint density at radius 2 is 2.15 bits per heavy atom. The largest absolute Gasteiger partial charge is 1.00 e. The fourth-order valence-electron chi connectivity index (χ4n) is 4.91. The van der Waals surface area contributed by atoms with Crippen molar-refractivity contribution in [2.24, 2.45) is 0 Å². The highest BCUT2D eigenvalue weighted by Gasteiger charge is 2.54. The summed E-state index contributed by atoms with van der Waals surface area (Å²) in [4.78, 5) is 2.26. The van der Waals surface area contributed by atoms with Crippen LogP contribution < -0.4 is 21.9 Å². The number of quaternary nitrogens is 1. The van der Waals surface area contributed by atoms with E-state index >= 15 is 0 Å². The SMILES string of the molecule is COc1ccc2c3c1O[C@H]1C[C@@H](O)C=C[C@@]31CC[N+](C)(CCN(C)C)C2.[Cl-]. The van der Waals surface area contributed by atoms with Gasteiger partial charge in [-0.2, -0.15) is 0 Å². The number of aliphatic hydroxyl groups is 1. The summed E-state index contributed by atoms with van der Waals surface area (Å²) in [5.41, 5.74) is 2.53. The number of nitrogens with zero attached hydrogens (tertiary/aromatic N) is 2. The highest BCUT2D eigenvalue weighted by Crippen LogP contribution is 2.56. The van der Waals surface area contributed by atoms with Crippen LogP contribution in [0.1, 0.15) is 24.0 Å². The molecule has 0 fully saturated rings. The minimum atomic E-state index is -0.424. The molecule has 1 aliphatic carbocycles. The van der Waals surface area contributed by atoms with E-state index in [2.05, 4.69) is 38.2 Å². The second kappa shape index (κ2) is 7.28. The first kappa shape index (κ1) is 20.5. The Bertz CT molecular complexity index is 738. The number of halogens is 1. The predicted octanol–water partition coefficient (Wildman–Crippen LogP) is -1.07. The third-order valence-electron chi connectivity index (χ3n) is 6.50. The van der Waals surface area contributed by atoms with Gasteiger partial charge in [-0.3, -0.25) is 0 Å².